The lowest BCUT2D eigenvalue weighted by Crippen LogP contribution is -2.44. The van der Waals surface area contributed by atoms with Gasteiger partial charge in [-0.2, -0.15) is 14.6 Å². The van der Waals surface area contributed by atoms with Gasteiger partial charge in [-0.05, 0) is 38.9 Å². The van der Waals surface area contributed by atoms with Crippen LogP contribution in [-0.4, -0.2) is 61.0 Å². The Balaban J connectivity index is 1.60. The van der Waals surface area contributed by atoms with E-state index in [9.17, 15) is 14.9 Å². The molecule has 2 aromatic heterocycles. The summed E-state index contributed by atoms with van der Waals surface area (Å²) in [4.78, 5) is 34.5. The molecule has 1 aliphatic heterocycles. The van der Waals surface area contributed by atoms with E-state index < -0.39 is 4.92 Å². The Morgan fingerprint density at radius 3 is 2.83 bits per heavy atom. The van der Waals surface area contributed by atoms with Gasteiger partial charge < -0.3 is 10.2 Å². The first kappa shape index (κ1) is 19.9. The molecule has 10 heteroatoms. The summed E-state index contributed by atoms with van der Waals surface area (Å²) in [6.45, 7) is 4.88. The number of likely N-dealkylation sites (tertiary alicyclic amines) is 1. The van der Waals surface area contributed by atoms with Gasteiger partial charge in [0.2, 0.25) is 0 Å². The lowest BCUT2D eigenvalue weighted by molar-refractivity contribution is -0.384. The largest absolute Gasteiger partial charge is 0.347 e. The molecule has 3 heterocycles. The first-order chi connectivity index (χ1) is 14.5. The zero-order valence-electron chi connectivity index (χ0n) is 16.7. The Bertz CT molecular complexity index is 1080. The first-order valence-electron chi connectivity index (χ1n) is 10.00. The predicted molar refractivity (Wildman–Crippen MR) is 110 cm³/mol. The number of nitro benzene ring substituents is 1. The van der Waals surface area contributed by atoms with Gasteiger partial charge in [0.05, 0.1) is 10.6 Å². The van der Waals surface area contributed by atoms with Crippen LogP contribution < -0.4 is 5.32 Å². The van der Waals surface area contributed by atoms with Crippen LogP contribution in [0.2, 0.25) is 0 Å². The van der Waals surface area contributed by atoms with Gasteiger partial charge in [0, 0.05) is 30.3 Å². The van der Waals surface area contributed by atoms with Gasteiger partial charge in [-0.25, -0.2) is 4.98 Å². The van der Waals surface area contributed by atoms with Crippen molar-refractivity contribution in [3.05, 3.63) is 52.5 Å². The fraction of sp³-hybridized carbons (Fsp3) is 0.400. The summed E-state index contributed by atoms with van der Waals surface area (Å²) in [7, 11) is 0. The van der Waals surface area contributed by atoms with Gasteiger partial charge in [0.1, 0.15) is 12.0 Å². The molecule has 3 aromatic rings. The Labute approximate surface area is 173 Å². The molecule has 4 rings (SSSR count). The molecule has 0 saturated carbocycles. The zero-order valence-corrected chi connectivity index (χ0v) is 16.7. The number of non-ortho nitro benzene ring substituents is 1. The molecule has 0 unspecified atom stereocenters. The summed E-state index contributed by atoms with van der Waals surface area (Å²) < 4.78 is 1.38. The topological polar surface area (TPSA) is 119 Å². The number of benzene rings is 1. The fourth-order valence-electron chi connectivity index (χ4n) is 3.77. The normalized spacial score (nSPS) is 15.8. The number of hydrogen-bond donors (Lipinski definition) is 1. The number of hydrogen-bond acceptors (Lipinski definition) is 7. The molecular formula is C20H23N7O3. The number of nitrogens with one attached hydrogen (secondary N) is 1. The number of piperidine rings is 1. The smallest absolute Gasteiger partial charge is 0.270 e. The van der Waals surface area contributed by atoms with Crippen LogP contribution in [-0.2, 0) is 0 Å². The minimum Gasteiger partial charge on any atom is -0.347 e. The van der Waals surface area contributed by atoms with Crippen molar-refractivity contribution >= 4 is 17.4 Å². The van der Waals surface area contributed by atoms with E-state index in [0.29, 0.717) is 11.3 Å². The van der Waals surface area contributed by atoms with Crippen LogP contribution in [0.15, 0.2) is 36.7 Å². The Hall–Kier alpha value is -3.40. The molecule has 1 amide bonds. The third-order valence-corrected chi connectivity index (χ3v) is 5.20. The van der Waals surface area contributed by atoms with Crippen LogP contribution in [0.25, 0.3) is 17.0 Å². The highest BCUT2D eigenvalue weighted by Gasteiger charge is 2.20. The maximum Gasteiger partial charge on any atom is 0.270 e. The quantitative estimate of drug-likeness (QED) is 0.490. The van der Waals surface area contributed by atoms with E-state index in [1.54, 1.807) is 18.2 Å². The second kappa shape index (κ2) is 8.54. The highest BCUT2D eigenvalue weighted by molar-refractivity contribution is 5.94. The SMILES string of the molecule is C[C@H](CN1CCCCC1)NC(=O)c1cc(-c2cccc([N+](=O)[O-])c2)nc2ncnn12. The van der Waals surface area contributed by atoms with Crippen molar-refractivity contribution in [1.82, 2.24) is 29.8 Å². The van der Waals surface area contributed by atoms with Crippen molar-refractivity contribution in [3.63, 3.8) is 0 Å². The van der Waals surface area contributed by atoms with Crippen LogP contribution in [0.1, 0.15) is 36.7 Å². The molecule has 1 aromatic carbocycles. The minimum absolute atomic E-state index is 0.0383. The number of nitrogens with zero attached hydrogens (tertiary/aromatic N) is 6. The van der Waals surface area contributed by atoms with Crippen molar-refractivity contribution in [2.24, 2.45) is 0 Å². The Morgan fingerprint density at radius 2 is 2.07 bits per heavy atom. The van der Waals surface area contributed by atoms with Gasteiger partial charge in [0.25, 0.3) is 17.4 Å². The molecule has 10 nitrogen and oxygen atoms in total. The second-order valence-corrected chi connectivity index (χ2v) is 7.54. The first-order valence-corrected chi connectivity index (χ1v) is 10.00. The summed E-state index contributed by atoms with van der Waals surface area (Å²) >= 11 is 0. The summed E-state index contributed by atoms with van der Waals surface area (Å²) in [6, 6.07) is 7.68. The lowest BCUT2D eigenvalue weighted by Gasteiger charge is -2.29. The van der Waals surface area contributed by atoms with E-state index in [1.165, 1.54) is 42.2 Å². The third kappa shape index (κ3) is 4.28. The van der Waals surface area contributed by atoms with Gasteiger partial charge in [-0.1, -0.05) is 18.6 Å². The van der Waals surface area contributed by atoms with Crippen molar-refractivity contribution in [2.45, 2.75) is 32.2 Å². The molecule has 1 atom stereocenters. The molecule has 0 aliphatic carbocycles. The van der Waals surface area contributed by atoms with Crippen molar-refractivity contribution < 1.29 is 9.72 Å². The van der Waals surface area contributed by atoms with Crippen LogP contribution in [0.3, 0.4) is 0 Å². The molecule has 1 saturated heterocycles. The molecule has 0 radical (unpaired) electrons. The maximum absolute atomic E-state index is 13.0. The highest BCUT2D eigenvalue weighted by atomic mass is 16.6. The van der Waals surface area contributed by atoms with Gasteiger partial charge in [0.15, 0.2) is 0 Å². The molecule has 156 valence electrons. The summed E-state index contributed by atoms with van der Waals surface area (Å²) in [5.41, 5.74) is 1.19. The lowest BCUT2D eigenvalue weighted by atomic mass is 10.1. The molecule has 1 N–H and O–H groups in total. The Kier molecular flexibility index (Phi) is 5.66. The molecular weight excluding hydrogens is 386 g/mol. The van der Waals surface area contributed by atoms with Crippen LogP contribution in [0.5, 0.6) is 0 Å². The molecule has 1 aliphatic rings. The van der Waals surface area contributed by atoms with Crippen LogP contribution >= 0.6 is 0 Å². The average molecular weight is 409 g/mol. The number of carbonyl (C=O) groups excluding carboxylic acids is 1. The maximum atomic E-state index is 13.0. The number of nitro groups is 1. The third-order valence-electron chi connectivity index (χ3n) is 5.20. The predicted octanol–water partition coefficient (Wildman–Crippen LogP) is 2.30. The van der Waals surface area contributed by atoms with E-state index in [1.807, 2.05) is 6.92 Å². The van der Waals surface area contributed by atoms with Crippen molar-refractivity contribution in [2.75, 3.05) is 19.6 Å². The van der Waals surface area contributed by atoms with Crippen molar-refractivity contribution in [3.8, 4) is 11.3 Å². The average Bonchev–Trinajstić information content (AvgIpc) is 3.22. The standard InChI is InChI=1S/C20H23N7O3/c1-14(12-25-8-3-2-4-9-25)23-19(28)18-11-17(24-20-21-13-22-26(18)20)15-6-5-7-16(10-15)27(29)30/h5-7,10-11,13-14H,2-4,8-9,12H2,1H3,(H,23,28)/t14-/m1/s1. The van der Waals surface area contributed by atoms with Crippen LogP contribution in [0.4, 0.5) is 5.69 Å². The molecule has 0 spiro atoms. The molecule has 0 bridgehead atoms. The number of fused-ring (bicyclic) bond motifs is 1. The number of rotatable bonds is 6. The summed E-state index contributed by atoms with van der Waals surface area (Å²) in [6.07, 6.45) is 4.97. The van der Waals surface area contributed by atoms with E-state index in [0.717, 1.165) is 19.6 Å². The van der Waals surface area contributed by atoms with E-state index in [4.69, 9.17) is 0 Å². The fourth-order valence-corrected chi connectivity index (χ4v) is 3.77. The summed E-state index contributed by atoms with van der Waals surface area (Å²) in [5.74, 6) is -0.0306. The highest BCUT2D eigenvalue weighted by Crippen LogP contribution is 2.23. The Morgan fingerprint density at radius 1 is 1.27 bits per heavy atom. The van der Waals surface area contributed by atoms with Crippen molar-refractivity contribution in [1.29, 1.82) is 0 Å². The molecule has 1 fully saturated rings. The second-order valence-electron chi connectivity index (χ2n) is 7.54. The van der Waals surface area contributed by atoms with Gasteiger partial charge in [-0.15, -0.1) is 0 Å². The summed E-state index contributed by atoms with van der Waals surface area (Å²) in [5, 5.41) is 18.2. The van der Waals surface area contributed by atoms with Gasteiger partial charge >= 0.3 is 0 Å². The van der Waals surface area contributed by atoms with Gasteiger partial charge in [-0.3, -0.25) is 14.9 Å². The molecule has 30 heavy (non-hydrogen) atoms. The van der Waals surface area contributed by atoms with E-state index in [2.05, 4.69) is 25.3 Å². The number of aromatic nitrogens is 4. The van der Waals surface area contributed by atoms with E-state index >= 15 is 0 Å². The minimum atomic E-state index is -0.463. The number of carbonyl (C=O) groups is 1. The zero-order chi connectivity index (χ0) is 21.1. The monoisotopic (exact) mass is 409 g/mol. The number of amides is 1. The van der Waals surface area contributed by atoms with Crippen LogP contribution in [0, 0.1) is 10.1 Å². The van der Waals surface area contributed by atoms with E-state index in [-0.39, 0.29) is 29.1 Å².